The molecular weight excluding hydrogens is 336 g/mol. The van der Waals surface area contributed by atoms with Gasteiger partial charge in [-0.1, -0.05) is 27.7 Å². The molecule has 3 N–H and O–H groups in total. The van der Waals surface area contributed by atoms with Crippen LogP contribution in [-0.4, -0.2) is 43.9 Å². The smallest absolute Gasteiger partial charge is 0.210 e. The van der Waals surface area contributed by atoms with Crippen molar-refractivity contribution in [2.75, 3.05) is 0 Å². The normalized spacial score (nSPS) is 39.0. The molecule has 3 rings (SSSR count). The van der Waals surface area contributed by atoms with E-state index in [4.69, 9.17) is 0 Å². The van der Waals surface area contributed by atoms with Crippen LogP contribution in [0.1, 0.15) is 54.4 Å². The van der Waals surface area contributed by atoms with E-state index in [-0.39, 0.29) is 18.8 Å². The monoisotopic (exact) mass is 364 g/mol. The lowest BCUT2D eigenvalue weighted by Gasteiger charge is -2.39. The Morgan fingerprint density at radius 2 is 1.77 bits per heavy atom. The summed E-state index contributed by atoms with van der Waals surface area (Å²) in [6.07, 6.45) is 0.0118. The number of aliphatic hydroxyl groups is 3. The highest BCUT2D eigenvalue weighted by molar-refractivity contribution is 6.33. The van der Waals surface area contributed by atoms with Crippen LogP contribution in [0.25, 0.3) is 0 Å². The molecule has 144 valence electrons. The van der Waals surface area contributed by atoms with E-state index in [1.807, 2.05) is 13.8 Å². The van der Waals surface area contributed by atoms with Crippen molar-refractivity contribution in [2.24, 2.45) is 28.6 Å². The number of hydrogen-bond donors (Lipinski definition) is 3. The zero-order valence-electron chi connectivity index (χ0n) is 16.2. The molecule has 0 amide bonds. The second kappa shape index (κ2) is 5.04. The zero-order valence-corrected chi connectivity index (χ0v) is 16.2. The second-order valence-electron chi connectivity index (χ2n) is 9.67. The van der Waals surface area contributed by atoms with Gasteiger partial charge in [0, 0.05) is 12.3 Å². The Hall–Kier alpha value is -1.53. The zero-order chi connectivity index (χ0) is 20.0. The first-order valence-corrected chi connectivity index (χ1v) is 9.15. The van der Waals surface area contributed by atoms with Crippen LogP contribution in [0.15, 0.2) is 11.3 Å². The number of aliphatic hydroxyl groups excluding tert-OH is 1. The molecule has 0 bridgehead atoms. The number of ketones is 3. The maximum atomic E-state index is 13.0. The molecule has 1 spiro atoms. The highest BCUT2D eigenvalue weighted by Crippen LogP contribution is 2.73. The van der Waals surface area contributed by atoms with Gasteiger partial charge < -0.3 is 15.3 Å². The maximum absolute atomic E-state index is 13.0. The number of hydrogen-bond acceptors (Lipinski definition) is 6. The molecule has 3 aliphatic carbocycles. The van der Waals surface area contributed by atoms with Gasteiger partial charge in [-0.15, -0.1) is 0 Å². The van der Waals surface area contributed by atoms with Gasteiger partial charge in [-0.05, 0) is 37.5 Å². The van der Waals surface area contributed by atoms with Crippen LogP contribution >= 0.6 is 0 Å². The first kappa shape index (κ1) is 19.2. The first-order valence-electron chi connectivity index (χ1n) is 9.15. The molecule has 4 atom stereocenters. The van der Waals surface area contributed by atoms with Gasteiger partial charge in [-0.3, -0.25) is 14.4 Å². The minimum Gasteiger partial charge on any atom is -0.511 e. The molecule has 2 fully saturated rings. The summed E-state index contributed by atoms with van der Waals surface area (Å²) < 4.78 is 0. The van der Waals surface area contributed by atoms with Crippen LogP contribution in [0.4, 0.5) is 0 Å². The average Bonchev–Trinajstić information content (AvgIpc) is 2.94. The lowest BCUT2D eigenvalue weighted by molar-refractivity contribution is -0.154. The summed E-state index contributed by atoms with van der Waals surface area (Å²) >= 11 is 0. The molecule has 3 aliphatic rings. The molecule has 3 unspecified atom stereocenters. The van der Waals surface area contributed by atoms with Gasteiger partial charge in [-0.25, -0.2) is 0 Å². The van der Waals surface area contributed by atoms with Crippen molar-refractivity contribution in [3.63, 3.8) is 0 Å². The van der Waals surface area contributed by atoms with Crippen molar-refractivity contribution in [2.45, 2.75) is 65.6 Å². The van der Waals surface area contributed by atoms with E-state index in [0.29, 0.717) is 0 Å². The minimum absolute atomic E-state index is 0.0605. The fraction of sp³-hybridized carbons (Fsp3) is 0.750. The van der Waals surface area contributed by atoms with E-state index in [0.717, 1.165) is 0 Å². The Balaban J connectivity index is 2.29. The molecule has 0 saturated heterocycles. The second-order valence-corrected chi connectivity index (χ2v) is 9.67. The van der Waals surface area contributed by atoms with Crippen LogP contribution < -0.4 is 0 Å². The summed E-state index contributed by atoms with van der Waals surface area (Å²) in [6, 6.07) is 0. The van der Waals surface area contributed by atoms with E-state index < -0.39 is 62.5 Å². The third-order valence-corrected chi connectivity index (χ3v) is 7.19. The van der Waals surface area contributed by atoms with Crippen LogP contribution in [0.3, 0.4) is 0 Å². The lowest BCUT2D eigenvalue weighted by Crippen LogP contribution is -2.53. The molecule has 0 aliphatic heterocycles. The van der Waals surface area contributed by atoms with E-state index in [1.165, 1.54) is 0 Å². The maximum Gasteiger partial charge on any atom is 0.210 e. The number of rotatable bonds is 3. The van der Waals surface area contributed by atoms with Crippen LogP contribution in [0, 0.1) is 28.6 Å². The fourth-order valence-electron chi connectivity index (χ4n) is 5.98. The molecule has 6 nitrogen and oxygen atoms in total. The Bertz CT molecular complexity index is 753. The molecule has 0 radical (unpaired) electrons. The van der Waals surface area contributed by atoms with Crippen molar-refractivity contribution in [1.82, 2.24) is 0 Å². The van der Waals surface area contributed by atoms with Gasteiger partial charge in [0.05, 0.1) is 11.0 Å². The SMILES string of the molecule is CC(C)C(=O)C1=C(O)C23CC(C(C)(C)O)C(C)(C)[C@@H]2CC(=O)C3(O)C1=O. The standard InChI is InChI=1S/C20H28O6/c1-9(2)14(22)13-15(23)19-8-11(18(5,6)25)17(3,4)10(19)7-12(21)20(19,26)16(13)24/h9-11,23,25-26H,7-8H2,1-6H3/t10-,11?,19?,20?/m0/s1. The van der Waals surface area contributed by atoms with Gasteiger partial charge in [0.25, 0.3) is 0 Å². The van der Waals surface area contributed by atoms with Gasteiger partial charge in [0.2, 0.25) is 5.78 Å². The van der Waals surface area contributed by atoms with E-state index >= 15 is 0 Å². The van der Waals surface area contributed by atoms with Crippen LogP contribution in [0.5, 0.6) is 0 Å². The predicted octanol–water partition coefficient (Wildman–Crippen LogP) is 1.73. The largest absolute Gasteiger partial charge is 0.511 e. The van der Waals surface area contributed by atoms with E-state index in [2.05, 4.69) is 0 Å². The predicted molar refractivity (Wildman–Crippen MR) is 93.2 cm³/mol. The third kappa shape index (κ3) is 1.87. The van der Waals surface area contributed by atoms with Crippen LogP contribution in [0.2, 0.25) is 0 Å². The molecule has 0 aromatic carbocycles. The van der Waals surface area contributed by atoms with Gasteiger partial charge in [-0.2, -0.15) is 0 Å². The molecule has 26 heavy (non-hydrogen) atoms. The molecule has 2 saturated carbocycles. The van der Waals surface area contributed by atoms with E-state index in [1.54, 1.807) is 27.7 Å². The number of carbonyl (C=O) groups is 3. The summed E-state index contributed by atoms with van der Waals surface area (Å²) in [5.74, 6) is -4.11. The number of Topliss-reactive ketones (excluding diaryl/α,β-unsaturated/α-hetero) is 3. The van der Waals surface area contributed by atoms with Gasteiger partial charge >= 0.3 is 0 Å². The quantitative estimate of drug-likeness (QED) is 0.519. The summed E-state index contributed by atoms with van der Waals surface area (Å²) in [5.41, 5.74) is -6.15. The Kier molecular flexibility index (Phi) is 3.73. The molecule has 6 heteroatoms. The summed E-state index contributed by atoms with van der Waals surface area (Å²) in [6.45, 7) is 10.3. The van der Waals surface area contributed by atoms with Crippen molar-refractivity contribution in [3.05, 3.63) is 11.3 Å². The lowest BCUT2D eigenvalue weighted by atomic mass is 9.67. The summed E-state index contributed by atoms with van der Waals surface area (Å²) in [4.78, 5) is 38.3. The summed E-state index contributed by atoms with van der Waals surface area (Å²) in [5, 5.41) is 33.0. The minimum atomic E-state index is -2.42. The number of carbonyl (C=O) groups excluding carboxylic acids is 3. The van der Waals surface area contributed by atoms with Gasteiger partial charge in [0.15, 0.2) is 17.2 Å². The highest BCUT2D eigenvalue weighted by atomic mass is 16.3. The van der Waals surface area contributed by atoms with Crippen molar-refractivity contribution < 1.29 is 29.7 Å². The first-order chi connectivity index (χ1) is 11.6. The molecule has 0 heterocycles. The Morgan fingerprint density at radius 3 is 2.23 bits per heavy atom. The topological polar surface area (TPSA) is 112 Å². The van der Waals surface area contributed by atoms with Crippen molar-refractivity contribution in [1.29, 1.82) is 0 Å². The third-order valence-electron chi connectivity index (χ3n) is 7.19. The molecular formula is C20H28O6. The molecule has 0 aromatic rings. The molecule has 0 aromatic heterocycles. The van der Waals surface area contributed by atoms with Crippen LogP contribution in [-0.2, 0) is 14.4 Å². The van der Waals surface area contributed by atoms with Gasteiger partial charge in [0.1, 0.15) is 11.3 Å². The summed E-state index contributed by atoms with van der Waals surface area (Å²) in [7, 11) is 0. The fourth-order valence-corrected chi connectivity index (χ4v) is 5.98. The van der Waals surface area contributed by atoms with Crippen molar-refractivity contribution >= 4 is 17.3 Å². The van der Waals surface area contributed by atoms with Crippen molar-refractivity contribution in [3.8, 4) is 0 Å². The highest BCUT2D eigenvalue weighted by Gasteiger charge is 2.81. The Labute approximate surface area is 153 Å². The van der Waals surface area contributed by atoms with E-state index in [9.17, 15) is 29.7 Å². The Morgan fingerprint density at radius 1 is 1.23 bits per heavy atom. The average molecular weight is 364 g/mol.